The third-order valence-corrected chi connectivity index (χ3v) is 2.46. The van der Waals surface area contributed by atoms with E-state index < -0.39 is 6.09 Å². The summed E-state index contributed by atoms with van der Waals surface area (Å²) in [5, 5.41) is 6.25. The molecule has 0 aliphatic carbocycles. The van der Waals surface area contributed by atoms with E-state index in [4.69, 9.17) is 4.84 Å². The first-order valence-corrected chi connectivity index (χ1v) is 6.26. The normalized spacial score (nSPS) is 12.5. The first-order chi connectivity index (χ1) is 6.91. The Morgan fingerprint density at radius 2 is 2.07 bits per heavy atom. The van der Waals surface area contributed by atoms with Gasteiger partial charge in [-0.3, -0.25) is 4.84 Å². The van der Waals surface area contributed by atoms with Crippen LogP contribution in [0.2, 0.25) is 0 Å². The molecule has 15 heavy (non-hydrogen) atoms. The number of oxime groups is 1. The van der Waals surface area contributed by atoms with E-state index in [-0.39, 0.29) is 5.41 Å². The molecule has 0 aromatic carbocycles. The average molecular weight is 232 g/mol. The fraction of sp³-hybridized carbons (Fsp3) is 0.800. The molecule has 4 nitrogen and oxygen atoms in total. The van der Waals surface area contributed by atoms with Gasteiger partial charge in [-0.05, 0) is 18.4 Å². The van der Waals surface area contributed by atoms with Crippen molar-refractivity contribution in [1.29, 1.82) is 0 Å². The smallest absolute Gasteiger partial charge is 0.323 e. The van der Waals surface area contributed by atoms with E-state index in [2.05, 4.69) is 31.2 Å². The van der Waals surface area contributed by atoms with Gasteiger partial charge in [-0.15, -0.1) is 0 Å². The summed E-state index contributed by atoms with van der Waals surface area (Å²) in [6, 6.07) is 0. The van der Waals surface area contributed by atoms with Crippen molar-refractivity contribution < 1.29 is 9.63 Å². The Morgan fingerprint density at radius 1 is 1.47 bits per heavy atom. The highest BCUT2D eigenvalue weighted by molar-refractivity contribution is 7.98. The maximum atomic E-state index is 10.9. The Labute approximate surface area is 95.8 Å². The Bertz CT molecular complexity index is 234. The number of thioether (sulfide) groups is 1. The molecule has 0 spiro atoms. The third kappa shape index (κ3) is 6.38. The van der Waals surface area contributed by atoms with Crippen molar-refractivity contribution in [2.24, 2.45) is 10.6 Å². The van der Waals surface area contributed by atoms with Crippen molar-refractivity contribution in [2.75, 3.05) is 19.1 Å². The van der Waals surface area contributed by atoms with Crippen molar-refractivity contribution in [1.82, 2.24) is 5.32 Å². The molecule has 0 unspecified atom stereocenters. The van der Waals surface area contributed by atoms with Crippen molar-refractivity contribution in [2.45, 2.75) is 27.2 Å². The maximum Gasteiger partial charge on any atom is 0.433 e. The summed E-state index contributed by atoms with van der Waals surface area (Å²) in [6.45, 7) is 6.16. The summed E-state index contributed by atoms with van der Waals surface area (Å²) in [5.41, 5.74) is 0.837. The van der Waals surface area contributed by atoms with Gasteiger partial charge in [0.15, 0.2) is 0 Å². The van der Waals surface area contributed by atoms with Gasteiger partial charge in [0.1, 0.15) is 0 Å². The van der Waals surface area contributed by atoms with Crippen LogP contribution in [0.15, 0.2) is 5.16 Å². The molecule has 0 atom stereocenters. The largest absolute Gasteiger partial charge is 0.433 e. The zero-order valence-corrected chi connectivity index (χ0v) is 10.9. The molecule has 0 aromatic rings. The van der Waals surface area contributed by atoms with Gasteiger partial charge in [-0.2, -0.15) is 11.8 Å². The number of nitrogens with one attached hydrogen (secondary N) is 1. The second-order valence-electron chi connectivity index (χ2n) is 4.16. The van der Waals surface area contributed by atoms with Crippen molar-refractivity contribution in [3.8, 4) is 0 Å². The van der Waals surface area contributed by atoms with Gasteiger partial charge in [-0.25, -0.2) is 4.79 Å². The van der Waals surface area contributed by atoms with E-state index in [0.717, 1.165) is 17.9 Å². The van der Waals surface area contributed by atoms with E-state index in [9.17, 15) is 4.79 Å². The van der Waals surface area contributed by atoms with Gasteiger partial charge in [0.05, 0.1) is 5.71 Å². The van der Waals surface area contributed by atoms with Gasteiger partial charge < -0.3 is 5.32 Å². The molecule has 0 aliphatic heterocycles. The maximum absolute atomic E-state index is 10.9. The average Bonchev–Trinajstić information content (AvgIpc) is 2.15. The molecule has 0 bridgehead atoms. The van der Waals surface area contributed by atoms with E-state index in [1.54, 1.807) is 11.8 Å². The Kier molecular flexibility index (Phi) is 6.40. The lowest BCUT2D eigenvalue weighted by molar-refractivity contribution is 0.151. The lowest BCUT2D eigenvalue weighted by Gasteiger charge is -2.20. The lowest BCUT2D eigenvalue weighted by Crippen LogP contribution is -2.24. The van der Waals surface area contributed by atoms with Crippen LogP contribution in [0.5, 0.6) is 0 Å². The van der Waals surface area contributed by atoms with E-state index >= 15 is 0 Å². The zero-order chi connectivity index (χ0) is 11.9. The second kappa shape index (κ2) is 6.71. The van der Waals surface area contributed by atoms with Gasteiger partial charge >= 0.3 is 6.09 Å². The molecule has 1 N–H and O–H groups in total. The highest BCUT2D eigenvalue weighted by Gasteiger charge is 2.19. The highest BCUT2D eigenvalue weighted by atomic mass is 32.2. The first kappa shape index (κ1) is 14.3. The van der Waals surface area contributed by atoms with E-state index in [0.29, 0.717) is 0 Å². The van der Waals surface area contributed by atoms with Crippen LogP contribution >= 0.6 is 11.8 Å². The molecule has 0 radical (unpaired) electrons. The minimum absolute atomic E-state index is 0.0657. The molecule has 0 heterocycles. The molecular weight excluding hydrogens is 212 g/mol. The van der Waals surface area contributed by atoms with Crippen LogP contribution in [-0.2, 0) is 4.84 Å². The fourth-order valence-electron chi connectivity index (χ4n) is 0.899. The van der Waals surface area contributed by atoms with Gasteiger partial charge in [0, 0.05) is 12.5 Å². The van der Waals surface area contributed by atoms with Crippen LogP contribution in [0.1, 0.15) is 27.2 Å². The lowest BCUT2D eigenvalue weighted by atomic mass is 9.88. The molecule has 0 rings (SSSR count). The summed E-state index contributed by atoms with van der Waals surface area (Å²) in [6.07, 6.45) is 2.35. The van der Waals surface area contributed by atoms with Crippen molar-refractivity contribution >= 4 is 23.6 Å². The topological polar surface area (TPSA) is 50.7 Å². The van der Waals surface area contributed by atoms with Crippen LogP contribution < -0.4 is 5.32 Å². The van der Waals surface area contributed by atoms with Crippen LogP contribution in [0.25, 0.3) is 0 Å². The van der Waals surface area contributed by atoms with Gasteiger partial charge in [0.2, 0.25) is 0 Å². The monoisotopic (exact) mass is 232 g/mol. The molecule has 1 amide bonds. The molecule has 0 fully saturated rings. The summed E-state index contributed by atoms with van der Waals surface area (Å²) in [4.78, 5) is 15.6. The summed E-state index contributed by atoms with van der Waals surface area (Å²) in [5.74, 6) is 0.979. The third-order valence-electron chi connectivity index (χ3n) is 1.85. The molecule has 88 valence electrons. The Morgan fingerprint density at radius 3 is 2.47 bits per heavy atom. The van der Waals surface area contributed by atoms with Gasteiger partial charge in [-0.1, -0.05) is 25.9 Å². The minimum atomic E-state index is -0.527. The van der Waals surface area contributed by atoms with Crippen molar-refractivity contribution in [3.63, 3.8) is 0 Å². The molecular formula is C10H20N2O2S. The molecule has 0 saturated carbocycles. The summed E-state index contributed by atoms with van der Waals surface area (Å²) in [7, 11) is 1.51. The number of hydrogen-bond acceptors (Lipinski definition) is 4. The van der Waals surface area contributed by atoms with Crippen LogP contribution in [0, 0.1) is 5.41 Å². The fourth-order valence-corrected chi connectivity index (χ4v) is 1.30. The molecule has 0 aromatic heterocycles. The molecule has 0 saturated heterocycles. The zero-order valence-electron chi connectivity index (χ0n) is 10.1. The predicted molar refractivity (Wildman–Crippen MR) is 65.4 cm³/mol. The Balaban J connectivity index is 4.41. The molecule has 5 heteroatoms. The van der Waals surface area contributed by atoms with Crippen molar-refractivity contribution in [3.05, 3.63) is 0 Å². The van der Waals surface area contributed by atoms with Crippen LogP contribution in [-0.4, -0.2) is 30.9 Å². The van der Waals surface area contributed by atoms with E-state index in [1.165, 1.54) is 7.05 Å². The second-order valence-corrected chi connectivity index (χ2v) is 5.15. The van der Waals surface area contributed by atoms with Crippen LogP contribution in [0.4, 0.5) is 4.79 Å². The number of nitrogens with zero attached hydrogens (tertiary/aromatic N) is 1. The summed E-state index contributed by atoms with van der Waals surface area (Å²) < 4.78 is 0. The number of hydrogen-bond donors (Lipinski definition) is 1. The summed E-state index contributed by atoms with van der Waals surface area (Å²) >= 11 is 1.75. The van der Waals surface area contributed by atoms with E-state index in [1.807, 2.05) is 6.26 Å². The van der Waals surface area contributed by atoms with Crippen LogP contribution in [0.3, 0.4) is 0 Å². The number of carbonyl (C=O) groups is 1. The quantitative estimate of drug-likeness (QED) is 0.460. The number of rotatable bonds is 4. The van der Waals surface area contributed by atoms with Gasteiger partial charge in [0.25, 0.3) is 0 Å². The first-order valence-electron chi connectivity index (χ1n) is 4.86. The SMILES string of the molecule is CNC(=O)ON=C(CCSC)C(C)(C)C. The molecule has 0 aliphatic rings. The number of carbonyl (C=O) groups excluding carboxylic acids is 1. The minimum Gasteiger partial charge on any atom is -0.323 e. The highest BCUT2D eigenvalue weighted by Crippen LogP contribution is 2.19. The standard InChI is InChI=1S/C10H20N2O2S/c1-10(2,3)8(6-7-15-5)12-14-9(13)11-4/h6-7H2,1-5H3,(H,11,13). The Hall–Kier alpha value is -0.710. The predicted octanol–water partition coefficient (Wildman–Crippen LogP) is 2.50. The number of amides is 1.